The maximum atomic E-state index is 12.2. The third-order valence-corrected chi connectivity index (χ3v) is 2.55. The van der Waals surface area contributed by atoms with Crippen LogP contribution in [0.1, 0.15) is 16.1 Å². The molecule has 2 aromatic rings. The zero-order valence-electron chi connectivity index (χ0n) is 10.5. The van der Waals surface area contributed by atoms with Crippen LogP contribution in [-0.2, 0) is 7.05 Å². The van der Waals surface area contributed by atoms with Crippen molar-refractivity contribution in [1.29, 1.82) is 0 Å². The number of ether oxygens (including phenoxy) is 2. The van der Waals surface area contributed by atoms with Gasteiger partial charge in [0.05, 0.1) is 20.5 Å². The molecular formula is C13H14N2O3. The zero-order valence-corrected chi connectivity index (χ0v) is 10.5. The van der Waals surface area contributed by atoms with Crippen LogP contribution in [0.4, 0.5) is 0 Å². The van der Waals surface area contributed by atoms with Crippen molar-refractivity contribution in [1.82, 2.24) is 9.55 Å². The minimum Gasteiger partial charge on any atom is -0.497 e. The summed E-state index contributed by atoms with van der Waals surface area (Å²) in [6.45, 7) is 0. The predicted molar refractivity (Wildman–Crippen MR) is 66.2 cm³/mol. The van der Waals surface area contributed by atoms with Crippen molar-refractivity contribution < 1.29 is 14.3 Å². The van der Waals surface area contributed by atoms with Crippen molar-refractivity contribution in [3.8, 4) is 11.5 Å². The highest BCUT2D eigenvalue weighted by atomic mass is 16.5. The molecule has 0 saturated heterocycles. The number of imidazole rings is 1. The molecule has 0 unspecified atom stereocenters. The molecule has 0 N–H and O–H groups in total. The largest absolute Gasteiger partial charge is 0.497 e. The lowest BCUT2D eigenvalue weighted by Crippen LogP contribution is -2.03. The van der Waals surface area contributed by atoms with Crippen LogP contribution in [0, 0.1) is 0 Å². The Morgan fingerprint density at radius 2 is 1.78 bits per heavy atom. The Kier molecular flexibility index (Phi) is 3.32. The summed E-state index contributed by atoms with van der Waals surface area (Å²) in [5.41, 5.74) is 0.887. The summed E-state index contributed by atoms with van der Waals surface area (Å²) in [4.78, 5) is 16.2. The van der Waals surface area contributed by atoms with Crippen molar-refractivity contribution in [3.63, 3.8) is 0 Å². The molecule has 0 aliphatic heterocycles. The van der Waals surface area contributed by atoms with E-state index >= 15 is 0 Å². The maximum Gasteiger partial charge on any atom is 0.213 e. The fraction of sp³-hybridized carbons (Fsp3) is 0.231. The number of hydrogen-bond donors (Lipinski definition) is 0. The SMILES string of the molecule is COc1cc(OC)cc(C(=O)c2cn(C)cn2)c1. The summed E-state index contributed by atoms with van der Waals surface area (Å²) in [6.07, 6.45) is 3.26. The van der Waals surface area contributed by atoms with E-state index in [2.05, 4.69) is 4.98 Å². The number of benzene rings is 1. The van der Waals surface area contributed by atoms with E-state index in [1.54, 1.807) is 49.5 Å². The van der Waals surface area contributed by atoms with Gasteiger partial charge in [-0.25, -0.2) is 4.98 Å². The third-order valence-electron chi connectivity index (χ3n) is 2.55. The number of carbonyl (C=O) groups excluding carboxylic acids is 1. The number of nitrogens with zero attached hydrogens (tertiary/aromatic N) is 2. The molecule has 18 heavy (non-hydrogen) atoms. The highest BCUT2D eigenvalue weighted by Gasteiger charge is 2.14. The van der Waals surface area contributed by atoms with Gasteiger partial charge in [-0.05, 0) is 12.1 Å². The second-order valence-electron chi connectivity index (χ2n) is 3.85. The molecule has 0 saturated carbocycles. The van der Waals surface area contributed by atoms with Gasteiger partial charge in [-0.15, -0.1) is 0 Å². The molecule has 0 fully saturated rings. The Labute approximate surface area is 105 Å². The minimum absolute atomic E-state index is 0.159. The molecule has 1 aromatic carbocycles. The molecule has 5 heteroatoms. The Bertz CT molecular complexity index is 553. The number of hydrogen-bond acceptors (Lipinski definition) is 4. The first-order chi connectivity index (χ1) is 8.63. The van der Waals surface area contributed by atoms with Gasteiger partial charge < -0.3 is 14.0 Å². The van der Waals surface area contributed by atoms with Gasteiger partial charge >= 0.3 is 0 Å². The fourth-order valence-corrected chi connectivity index (χ4v) is 1.62. The summed E-state index contributed by atoms with van der Waals surface area (Å²) in [5.74, 6) is 0.995. The summed E-state index contributed by atoms with van der Waals surface area (Å²) < 4.78 is 12.0. The summed E-state index contributed by atoms with van der Waals surface area (Å²) in [5, 5.41) is 0. The molecule has 0 amide bonds. The Morgan fingerprint density at radius 1 is 1.17 bits per heavy atom. The predicted octanol–water partition coefficient (Wildman–Crippen LogP) is 1.67. The Hall–Kier alpha value is -2.30. The van der Waals surface area contributed by atoms with E-state index in [1.165, 1.54) is 0 Å². The average Bonchev–Trinajstić information content (AvgIpc) is 2.83. The van der Waals surface area contributed by atoms with E-state index in [4.69, 9.17) is 9.47 Å². The van der Waals surface area contributed by atoms with Crippen molar-refractivity contribution in [3.05, 3.63) is 42.0 Å². The average molecular weight is 246 g/mol. The second-order valence-corrected chi connectivity index (χ2v) is 3.85. The molecule has 5 nitrogen and oxygen atoms in total. The van der Waals surface area contributed by atoms with Gasteiger partial charge in [0.15, 0.2) is 0 Å². The van der Waals surface area contributed by atoms with Gasteiger partial charge in [0.2, 0.25) is 5.78 Å². The van der Waals surface area contributed by atoms with Crippen LogP contribution in [0.5, 0.6) is 11.5 Å². The van der Waals surface area contributed by atoms with Crippen LogP contribution in [0.15, 0.2) is 30.7 Å². The van der Waals surface area contributed by atoms with E-state index < -0.39 is 0 Å². The Balaban J connectivity index is 2.40. The number of aromatic nitrogens is 2. The van der Waals surface area contributed by atoms with E-state index in [0.717, 1.165) is 0 Å². The van der Waals surface area contributed by atoms with Crippen LogP contribution >= 0.6 is 0 Å². The second kappa shape index (κ2) is 4.91. The standard InChI is InChI=1S/C13H14N2O3/c1-15-7-12(14-8-15)13(16)9-4-10(17-2)6-11(5-9)18-3/h4-8H,1-3H3. The number of rotatable bonds is 4. The smallest absolute Gasteiger partial charge is 0.213 e. The van der Waals surface area contributed by atoms with E-state index in [9.17, 15) is 4.79 Å². The molecule has 0 aliphatic rings. The molecule has 0 aliphatic carbocycles. The molecule has 94 valence electrons. The topological polar surface area (TPSA) is 53.4 Å². The summed E-state index contributed by atoms with van der Waals surface area (Å²) >= 11 is 0. The van der Waals surface area contributed by atoms with Gasteiger partial charge in [-0.1, -0.05) is 0 Å². The maximum absolute atomic E-state index is 12.2. The van der Waals surface area contributed by atoms with Crippen molar-refractivity contribution in [2.24, 2.45) is 7.05 Å². The van der Waals surface area contributed by atoms with Crippen LogP contribution in [0.3, 0.4) is 0 Å². The molecule has 1 heterocycles. The first-order valence-electron chi connectivity index (χ1n) is 5.40. The Morgan fingerprint density at radius 3 is 2.22 bits per heavy atom. The lowest BCUT2D eigenvalue weighted by molar-refractivity contribution is 0.103. The van der Waals surface area contributed by atoms with Crippen LogP contribution in [0.2, 0.25) is 0 Å². The van der Waals surface area contributed by atoms with Crippen molar-refractivity contribution in [2.75, 3.05) is 14.2 Å². The van der Waals surface area contributed by atoms with E-state index in [0.29, 0.717) is 22.8 Å². The van der Waals surface area contributed by atoms with Crippen molar-refractivity contribution in [2.45, 2.75) is 0 Å². The highest BCUT2D eigenvalue weighted by molar-refractivity contribution is 6.08. The molecule has 0 spiro atoms. The normalized spacial score (nSPS) is 10.2. The number of aryl methyl sites for hydroxylation is 1. The van der Waals surface area contributed by atoms with E-state index in [1.807, 2.05) is 7.05 Å². The lowest BCUT2D eigenvalue weighted by Gasteiger charge is -2.06. The summed E-state index contributed by atoms with van der Waals surface area (Å²) in [7, 11) is 4.91. The highest BCUT2D eigenvalue weighted by Crippen LogP contribution is 2.23. The van der Waals surface area contributed by atoms with Gasteiger partial charge in [0, 0.05) is 24.9 Å². The molecular weight excluding hydrogens is 232 g/mol. The van der Waals surface area contributed by atoms with Gasteiger partial charge in [-0.3, -0.25) is 4.79 Å². The van der Waals surface area contributed by atoms with Gasteiger partial charge in [-0.2, -0.15) is 0 Å². The molecule has 0 atom stereocenters. The number of ketones is 1. The molecule has 2 rings (SSSR count). The number of methoxy groups -OCH3 is 2. The fourth-order valence-electron chi connectivity index (χ4n) is 1.62. The van der Waals surface area contributed by atoms with Gasteiger partial charge in [0.25, 0.3) is 0 Å². The first kappa shape index (κ1) is 12.2. The number of carbonyl (C=O) groups is 1. The quantitative estimate of drug-likeness (QED) is 0.770. The minimum atomic E-state index is -0.159. The lowest BCUT2D eigenvalue weighted by atomic mass is 10.1. The van der Waals surface area contributed by atoms with Crippen LogP contribution < -0.4 is 9.47 Å². The molecule has 0 radical (unpaired) electrons. The van der Waals surface area contributed by atoms with Crippen LogP contribution in [0.25, 0.3) is 0 Å². The van der Waals surface area contributed by atoms with Gasteiger partial charge in [0.1, 0.15) is 17.2 Å². The third kappa shape index (κ3) is 2.34. The molecule has 0 bridgehead atoms. The zero-order chi connectivity index (χ0) is 13.1. The monoisotopic (exact) mass is 246 g/mol. The summed E-state index contributed by atoms with van der Waals surface area (Å²) in [6, 6.07) is 5.05. The van der Waals surface area contributed by atoms with Crippen molar-refractivity contribution >= 4 is 5.78 Å². The molecule has 1 aromatic heterocycles. The van der Waals surface area contributed by atoms with Crippen LogP contribution in [-0.4, -0.2) is 29.6 Å². The first-order valence-corrected chi connectivity index (χ1v) is 5.40. The van der Waals surface area contributed by atoms with E-state index in [-0.39, 0.29) is 5.78 Å².